The van der Waals surface area contributed by atoms with E-state index in [0.717, 1.165) is 11.1 Å². The van der Waals surface area contributed by atoms with Gasteiger partial charge in [-0.3, -0.25) is 0 Å². The molecule has 0 aliphatic carbocycles. The fourth-order valence-electron chi connectivity index (χ4n) is 1.63. The molecule has 0 spiro atoms. The Morgan fingerprint density at radius 3 is 2.00 bits per heavy atom. The van der Waals surface area contributed by atoms with E-state index in [1.54, 1.807) is 26.4 Å². The lowest BCUT2D eigenvalue weighted by atomic mass is 10.0. The molecule has 16 heavy (non-hydrogen) atoms. The van der Waals surface area contributed by atoms with Crippen LogP contribution in [0.1, 0.15) is 17.5 Å². The summed E-state index contributed by atoms with van der Waals surface area (Å²) in [7, 11) is 3.16. The highest BCUT2D eigenvalue weighted by Crippen LogP contribution is 2.31. The van der Waals surface area contributed by atoms with Crippen LogP contribution in [0, 0.1) is 0 Å². The Morgan fingerprint density at radius 2 is 1.62 bits per heavy atom. The summed E-state index contributed by atoms with van der Waals surface area (Å²) in [5, 5.41) is 17.9. The lowest BCUT2D eigenvalue weighted by Gasteiger charge is -2.14. The Kier molecular flexibility index (Phi) is 5.08. The fraction of sp³-hybridized carbons (Fsp3) is 0.500. The van der Waals surface area contributed by atoms with E-state index >= 15 is 0 Å². The predicted molar refractivity (Wildman–Crippen MR) is 60.9 cm³/mol. The minimum Gasteiger partial charge on any atom is -0.496 e. The minimum absolute atomic E-state index is 0.0486. The van der Waals surface area contributed by atoms with E-state index in [4.69, 9.17) is 19.7 Å². The first-order chi connectivity index (χ1) is 7.76. The van der Waals surface area contributed by atoms with Crippen LogP contribution in [0.4, 0.5) is 0 Å². The maximum atomic E-state index is 9.09. The molecule has 0 radical (unpaired) electrons. The molecule has 0 heterocycles. The molecule has 90 valence electrons. The second-order valence-electron chi connectivity index (χ2n) is 3.46. The summed E-state index contributed by atoms with van der Waals surface area (Å²) >= 11 is 0. The molecule has 1 aromatic carbocycles. The first-order valence-corrected chi connectivity index (χ1v) is 5.22. The average Bonchev–Trinajstić information content (AvgIpc) is 2.35. The van der Waals surface area contributed by atoms with Crippen LogP contribution in [0.15, 0.2) is 12.1 Å². The average molecular weight is 226 g/mol. The van der Waals surface area contributed by atoms with Crippen LogP contribution in [-0.4, -0.2) is 31.0 Å². The van der Waals surface area contributed by atoms with Gasteiger partial charge >= 0.3 is 0 Å². The van der Waals surface area contributed by atoms with Gasteiger partial charge in [0.2, 0.25) is 0 Å². The zero-order valence-corrected chi connectivity index (χ0v) is 9.69. The third kappa shape index (κ3) is 2.87. The summed E-state index contributed by atoms with van der Waals surface area (Å²) in [4.78, 5) is 0. The molecule has 4 heteroatoms. The number of benzene rings is 1. The SMILES string of the molecule is COc1cc(CO)cc(OC)c1CCCO. The molecule has 0 fully saturated rings. The van der Waals surface area contributed by atoms with Crippen LogP contribution < -0.4 is 9.47 Å². The third-order valence-corrected chi connectivity index (χ3v) is 2.44. The zero-order chi connectivity index (χ0) is 12.0. The first-order valence-electron chi connectivity index (χ1n) is 5.22. The second kappa shape index (κ2) is 6.35. The maximum absolute atomic E-state index is 9.09. The monoisotopic (exact) mass is 226 g/mol. The van der Waals surface area contributed by atoms with Crippen molar-refractivity contribution in [1.29, 1.82) is 0 Å². The van der Waals surface area contributed by atoms with Gasteiger partial charge in [-0.25, -0.2) is 0 Å². The van der Waals surface area contributed by atoms with Crippen LogP contribution in [0.25, 0.3) is 0 Å². The van der Waals surface area contributed by atoms with Crippen molar-refractivity contribution in [3.05, 3.63) is 23.3 Å². The van der Waals surface area contributed by atoms with Gasteiger partial charge in [0.15, 0.2) is 0 Å². The van der Waals surface area contributed by atoms with E-state index in [0.29, 0.717) is 24.3 Å². The van der Waals surface area contributed by atoms with Gasteiger partial charge in [-0.15, -0.1) is 0 Å². The molecule has 0 aliphatic heterocycles. The Bertz CT molecular complexity index is 311. The van der Waals surface area contributed by atoms with Gasteiger partial charge in [0.05, 0.1) is 20.8 Å². The molecule has 0 unspecified atom stereocenters. The fourth-order valence-corrected chi connectivity index (χ4v) is 1.63. The summed E-state index contributed by atoms with van der Waals surface area (Å²) < 4.78 is 10.5. The minimum atomic E-state index is -0.0486. The number of hydrogen-bond donors (Lipinski definition) is 2. The highest BCUT2D eigenvalue weighted by atomic mass is 16.5. The molecular formula is C12H18O4. The van der Waals surface area contributed by atoms with Gasteiger partial charge in [0.1, 0.15) is 11.5 Å². The summed E-state index contributed by atoms with van der Waals surface area (Å²) in [5.74, 6) is 1.38. The van der Waals surface area contributed by atoms with Gasteiger partial charge < -0.3 is 19.7 Å². The number of rotatable bonds is 6. The Labute approximate surface area is 95.4 Å². The Balaban J connectivity index is 3.09. The number of aliphatic hydroxyl groups is 2. The van der Waals surface area contributed by atoms with Crippen LogP contribution in [-0.2, 0) is 13.0 Å². The predicted octanol–water partition coefficient (Wildman–Crippen LogP) is 1.12. The summed E-state index contributed by atoms with van der Waals surface area (Å²) in [5.41, 5.74) is 1.68. The van der Waals surface area contributed by atoms with Crippen LogP contribution in [0.5, 0.6) is 11.5 Å². The Morgan fingerprint density at radius 1 is 1.06 bits per heavy atom. The van der Waals surface area contributed by atoms with E-state index in [1.807, 2.05) is 0 Å². The molecule has 0 saturated heterocycles. The summed E-state index contributed by atoms with van der Waals surface area (Å²) in [6.45, 7) is 0.0844. The molecule has 4 nitrogen and oxygen atoms in total. The van der Waals surface area contributed by atoms with E-state index in [-0.39, 0.29) is 13.2 Å². The number of methoxy groups -OCH3 is 2. The van der Waals surface area contributed by atoms with E-state index in [1.165, 1.54) is 0 Å². The van der Waals surface area contributed by atoms with E-state index < -0.39 is 0 Å². The van der Waals surface area contributed by atoms with Crippen molar-refractivity contribution in [3.63, 3.8) is 0 Å². The highest BCUT2D eigenvalue weighted by molar-refractivity contribution is 5.48. The largest absolute Gasteiger partial charge is 0.496 e. The molecule has 0 atom stereocenters. The summed E-state index contributed by atoms with van der Waals surface area (Å²) in [6.07, 6.45) is 1.35. The van der Waals surface area contributed by atoms with Gasteiger partial charge in [0.25, 0.3) is 0 Å². The van der Waals surface area contributed by atoms with Gasteiger partial charge in [0, 0.05) is 12.2 Å². The highest BCUT2D eigenvalue weighted by Gasteiger charge is 2.11. The van der Waals surface area contributed by atoms with Crippen molar-refractivity contribution in [2.75, 3.05) is 20.8 Å². The van der Waals surface area contributed by atoms with Crippen LogP contribution in [0.3, 0.4) is 0 Å². The molecule has 1 rings (SSSR count). The lowest BCUT2D eigenvalue weighted by Crippen LogP contribution is -2.00. The van der Waals surface area contributed by atoms with Crippen molar-refractivity contribution in [3.8, 4) is 11.5 Å². The smallest absolute Gasteiger partial charge is 0.126 e. The van der Waals surface area contributed by atoms with Crippen molar-refractivity contribution in [1.82, 2.24) is 0 Å². The van der Waals surface area contributed by atoms with Gasteiger partial charge in [-0.05, 0) is 30.5 Å². The third-order valence-electron chi connectivity index (χ3n) is 2.44. The number of aliphatic hydroxyl groups excluding tert-OH is 2. The molecule has 1 aromatic rings. The standard InChI is InChI=1S/C12H18O4/c1-15-11-6-9(8-14)7-12(16-2)10(11)4-3-5-13/h6-7,13-14H,3-5,8H2,1-2H3. The molecular weight excluding hydrogens is 208 g/mol. The van der Waals surface area contributed by atoms with E-state index in [9.17, 15) is 0 Å². The molecule has 0 aliphatic rings. The first kappa shape index (κ1) is 12.8. The van der Waals surface area contributed by atoms with Crippen LogP contribution >= 0.6 is 0 Å². The van der Waals surface area contributed by atoms with Crippen molar-refractivity contribution >= 4 is 0 Å². The van der Waals surface area contributed by atoms with Gasteiger partial charge in [-0.2, -0.15) is 0 Å². The van der Waals surface area contributed by atoms with E-state index in [2.05, 4.69) is 0 Å². The Hall–Kier alpha value is -1.26. The van der Waals surface area contributed by atoms with Crippen LogP contribution in [0.2, 0.25) is 0 Å². The molecule has 0 saturated carbocycles. The molecule has 0 bridgehead atoms. The quantitative estimate of drug-likeness (QED) is 0.763. The van der Waals surface area contributed by atoms with Crippen molar-refractivity contribution < 1.29 is 19.7 Å². The zero-order valence-electron chi connectivity index (χ0n) is 9.69. The number of ether oxygens (including phenoxy) is 2. The molecule has 0 aromatic heterocycles. The summed E-state index contributed by atoms with van der Waals surface area (Å²) in [6, 6.07) is 3.57. The lowest BCUT2D eigenvalue weighted by molar-refractivity contribution is 0.278. The van der Waals surface area contributed by atoms with Crippen molar-refractivity contribution in [2.24, 2.45) is 0 Å². The maximum Gasteiger partial charge on any atom is 0.126 e. The number of hydrogen-bond acceptors (Lipinski definition) is 4. The molecule has 2 N–H and O–H groups in total. The second-order valence-corrected chi connectivity index (χ2v) is 3.46. The van der Waals surface area contributed by atoms with Gasteiger partial charge in [-0.1, -0.05) is 0 Å². The topological polar surface area (TPSA) is 58.9 Å². The molecule has 0 amide bonds. The van der Waals surface area contributed by atoms with Crippen molar-refractivity contribution in [2.45, 2.75) is 19.4 Å². The normalized spacial score (nSPS) is 10.2.